The highest BCUT2D eigenvalue weighted by atomic mass is 16.2. The third-order valence-corrected chi connectivity index (χ3v) is 4.14. The number of rotatable bonds is 4. The Bertz CT molecular complexity index is 547. The van der Waals surface area contributed by atoms with Crippen LogP contribution in [0.15, 0.2) is 24.3 Å². The summed E-state index contributed by atoms with van der Waals surface area (Å²) in [5.74, 6) is -0.326. The van der Waals surface area contributed by atoms with Crippen LogP contribution in [0.1, 0.15) is 25.3 Å². The van der Waals surface area contributed by atoms with Gasteiger partial charge in [-0.15, -0.1) is 0 Å². The normalized spacial score (nSPS) is 18.5. The molecule has 0 aromatic heterocycles. The van der Waals surface area contributed by atoms with Crippen molar-refractivity contribution in [2.45, 2.75) is 32.4 Å². The van der Waals surface area contributed by atoms with Gasteiger partial charge in [0.1, 0.15) is 0 Å². The van der Waals surface area contributed by atoms with Crippen molar-refractivity contribution in [1.29, 1.82) is 0 Å². The van der Waals surface area contributed by atoms with Gasteiger partial charge in [-0.1, -0.05) is 25.1 Å². The third kappa shape index (κ3) is 3.98. The summed E-state index contributed by atoms with van der Waals surface area (Å²) < 4.78 is 0. The number of nitrogens with two attached hydrogens (primary N) is 1. The van der Waals surface area contributed by atoms with E-state index in [0.29, 0.717) is 12.6 Å². The van der Waals surface area contributed by atoms with Crippen molar-refractivity contribution in [3.8, 4) is 0 Å². The Hall–Kier alpha value is -2.08. The fourth-order valence-corrected chi connectivity index (χ4v) is 2.99. The molecule has 0 saturated heterocycles. The Morgan fingerprint density at radius 3 is 2.77 bits per heavy atom. The molecule has 3 amide bonds. The van der Waals surface area contributed by atoms with Crippen LogP contribution in [0, 0.1) is 0 Å². The molecular formula is C16H24N4O2. The molecule has 0 spiro atoms. The molecular weight excluding hydrogens is 280 g/mol. The van der Waals surface area contributed by atoms with Gasteiger partial charge in [0.2, 0.25) is 5.91 Å². The van der Waals surface area contributed by atoms with Crippen molar-refractivity contribution >= 4 is 17.6 Å². The van der Waals surface area contributed by atoms with Gasteiger partial charge in [0, 0.05) is 44.8 Å². The number of nitrogens with one attached hydrogen (secondary N) is 1. The molecule has 120 valence electrons. The Morgan fingerprint density at radius 1 is 1.36 bits per heavy atom. The maximum Gasteiger partial charge on any atom is 0.318 e. The fourth-order valence-electron chi connectivity index (χ4n) is 2.99. The van der Waals surface area contributed by atoms with E-state index in [0.717, 1.165) is 19.5 Å². The van der Waals surface area contributed by atoms with Crippen molar-refractivity contribution in [3.63, 3.8) is 0 Å². The second kappa shape index (κ2) is 7.26. The first-order valence-corrected chi connectivity index (χ1v) is 7.63. The van der Waals surface area contributed by atoms with E-state index >= 15 is 0 Å². The number of amides is 3. The van der Waals surface area contributed by atoms with Crippen molar-refractivity contribution in [3.05, 3.63) is 29.8 Å². The summed E-state index contributed by atoms with van der Waals surface area (Å²) in [7, 11) is 2.10. The van der Waals surface area contributed by atoms with E-state index in [9.17, 15) is 9.59 Å². The van der Waals surface area contributed by atoms with Gasteiger partial charge >= 0.3 is 6.03 Å². The van der Waals surface area contributed by atoms with Gasteiger partial charge in [-0.3, -0.25) is 15.0 Å². The predicted molar refractivity (Wildman–Crippen MR) is 86.5 cm³/mol. The second-order valence-electron chi connectivity index (χ2n) is 5.70. The van der Waals surface area contributed by atoms with Gasteiger partial charge in [-0.25, -0.2) is 4.79 Å². The lowest BCUT2D eigenvalue weighted by Crippen LogP contribution is -2.42. The lowest BCUT2D eigenvalue weighted by molar-refractivity contribution is -0.120. The summed E-state index contributed by atoms with van der Waals surface area (Å²) in [4.78, 5) is 26.9. The standard InChI is InChI=1S/C16H24N4O2/c1-3-13-11-19(2)14-7-5-4-6-12(14)10-20(13)9-8-15(21)18-16(17)22/h4-7,13H,3,8-11H2,1-2H3,(H3,17,18,21,22)/t13-/m0/s1. The molecule has 6 nitrogen and oxygen atoms in total. The van der Waals surface area contributed by atoms with Gasteiger partial charge < -0.3 is 10.6 Å². The topological polar surface area (TPSA) is 78.7 Å². The largest absolute Gasteiger partial charge is 0.373 e. The number of hydrogen-bond acceptors (Lipinski definition) is 4. The maximum atomic E-state index is 11.6. The van der Waals surface area contributed by atoms with E-state index in [2.05, 4.69) is 41.2 Å². The summed E-state index contributed by atoms with van der Waals surface area (Å²) in [6, 6.07) is 7.92. The van der Waals surface area contributed by atoms with Gasteiger partial charge in [0.25, 0.3) is 0 Å². The highest BCUT2D eigenvalue weighted by molar-refractivity contribution is 5.93. The van der Waals surface area contributed by atoms with E-state index in [1.165, 1.54) is 11.3 Å². The molecule has 22 heavy (non-hydrogen) atoms. The summed E-state index contributed by atoms with van der Waals surface area (Å²) in [6.07, 6.45) is 1.28. The maximum absolute atomic E-state index is 11.6. The highest BCUT2D eigenvalue weighted by Crippen LogP contribution is 2.26. The molecule has 1 heterocycles. The number of carbonyl (C=O) groups is 2. The van der Waals surface area contributed by atoms with Crippen LogP contribution in [0.25, 0.3) is 0 Å². The summed E-state index contributed by atoms with van der Waals surface area (Å²) in [6.45, 7) is 4.50. The first-order chi connectivity index (χ1) is 10.5. The highest BCUT2D eigenvalue weighted by Gasteiger charge is 2.25. The number of hydrogen-bond donors (Lipinski definition) is 2. The number of urea groups is 1. The average molecular weight is 304 g/mol. The van der Waals surface area contributed by atoms with Crippen molar-refractivity contribution in [2.75, 3.05) is 25.0 Å². The van der Waals surface area contributed by atoms with Crippen LogP contribution in [0.5, 0.6) is 0 Å². The van der Waals surface area contributed by atoms with Gasteiger partial charge in [-0.05, 0) is 18.1 Å². The van der Waals surface area contributed by atoms with Gasteiger partial charge in [-0.2, -0.15) is 0 Å². The summed E-state index contributed by atoms with van der Waals surface area (Å²) >= 11 is 0. The van der Waals surface area contributed by atoms with Crippen LogP contribution in [0.3, 0.4) is 0 Å². The zero-order valence-corrected chi connectivity index (χ0v) is 13.2. The molecule has 0 unspecified atom stereocenters. The zero-order chi connectivity index (χ0) is 16.1. The minimum atomic E-state index is -0.794. The molecule has 1 aliphatic rings. The van der Waals surface area contributed by atoms with Crippen LogP contribution in [0.4, 0.5) is 10.5 Å². The summed E-state index contributed by atoms with van der Waals surface area (Å²) in [5, 5.41) is 2.12. The molecule has 0 saturated carbocycles. The number of anilines is 1. The molecule has 1 aromatic rings. The van der Waals surface area contributed by atoms with E-state index in [4.69, 9.17) is 5.73 Å². The number of para-hydroxylation sites is 1. The minimum absolute atomic E-state index is 0.269. The van der Waals surface area contributed by atoms with Gasteiger partial charge in [0.15, 0.2) is 0 Å². The first kappa shape index (κ1) is 16.3. The van der Waals surface area contributed by atoms with Crippen molar-refractivity contribution in [2.24, 2.45) is 5.73 Å². The predicted octanol–water partition coefficient (Wildman–Crippen LogP) is 1.30. The van der Waals surface area contributed by atoms with Crippen molar-refractivity contribution < 1.29 is 9.59 Å². The smallest absolute Gasteiger partial charge is 0.318 e. The van der Waals surface area contributed by atoms with Crippen LogP contribution >= 0.6 is 0 Å². The first-order valence-electron chi connectivity index (χ1n) is 7.63. The summed E-state index contributed by atoms with van der Waals surface area (Å²) in [5.41, 5.74) is 7.47. The third-order valence-electron chi connectivity index (χ3n) is 4.14. The number of nitrogens with zero attached hydrogens (tertiary/aromatic N) is 2. The van der Waals surface area contributed by atoms with Crippen LogP contribution < -0.4 is 16.0 Å². The quantitative estimate of drug-likeness (QED) is 0.879. The average Bonchev–Trinajstić information content (AvgIpc) is 2.61. The lowest BCUT2D eigenvalue weighted by Gasteiger charge is -2.30. The number of fused-ring (bicyclic) bond motifs is 1. The molecule has 0 radical (unpaired) electrons. The fraction of sp³-hybridized carbons (Fsp3) is 0.500. The monoisotopic (exact) mass is 304 g/mol. The second-order valence-corrected chi connectivity index (χ2v) is 5.70. The molecule has 0 fully saturated rings. The molecule has 0 bridgehead atoms. The van der Waals surface area contributed by atoms with Gasteiger partial charge in [0.05, 0.1) is 0 Å². The Balaban J connectivity index is 2.08. The molecule has 1 aromatic carbocycles. The van der Waals surface area contributed by atoms with E-state index in [-0.39, 0.29) is 12.3 Å². The molecule has 1 aliphatic heterocycles. The van der Waals surface area contributed by atoms with E-state index in [1.54, 1.807) is 0 Å². The Morgan fingerprint density at radius 2 is 2.09 bits per heavy atom. The molecule has 0 aliphatic carbocycles. The van der Waals surface area contributed by atoms with E-state index < -0.39 is 6.03 Å². The van der Waals surface area contributed by atoms with Crippen molar-refractivity contribution in [1.82, 2.24) is 10.2 Å². The molecule has 2 rings (SSSR count). The number of benzene rings is 1. The number of carbonyl (C=O) groups excluding carboxylic acids is 2. The number of likely N-dealkylation sites (N-methyl/N-ethyl adjacent to an activating group) is 1. The van der Waals surface area contributed by atoms with E-state index in [1.807, 2.05) is 12.1 Å². The van der Waals surface area contributed by atoms with Crippen LogP contribution in [-0.4, -0.2) is 43.0 Å². The minimum Gasteiger partial charge on any atom is -0.373 e. The molecule has 1 atom stereocenters. The van der Waals surface area contributed by atoms with Crippen LogP contribution in [-0.2, 0) is 11.3 Å². The van der Waals surface area contributed by atoms with Crippen LogP contribution in [0.2, 0.25) is 0 Å². The molecule has 3 N–H and O–H groups in total. The lowest BCUT2D eigenvalue weighted by atomic mass is 10.1. The SMILES string of the molecule is CC[C@H]1CN(C)c2ccccc2CN1CCC(=O)NC(N)=O. The Kier molecular flexibility index (Phi) is 5.38. The number of primary amides is 1. The molecule has 6 heteroatoms. The number of imide groups is 1. The zero-order valence-electron chi connectivity index (χ0n) is 13.2. The Labute approximate surface area is 131 Å².